The molecule has 6 heteroatoms. The van der Waals surface area contributed by atoms with Gasteiger partial charge in [-0.1, -0.05) is 41.9 Å². The molecule has 0 spiro atoms. The number of thiazole rings is 1. The number of piperidine rings is 1. The average molecular weight is 307 g/mol. The molecule has 2 amide bonds. The van der Waals surface area contributed by atoms with E-state index in [0.717, 1.165) is 10.6 Å². The van der Waals surface area contributed by atoms with Crippen LogP contribution in [0.5, 0.6) is 0 Å². The summed E-state index contributed by atoms with van der Waals surface area (Å²) >= 11 is 7.24. The fraction of sp³-hybridized carbons (Fsp3) is 0.214. The molecule has 0 saturated carbocycles. The fourth-order valence-electron chi connectivity index (χ4n) is 2.48. The lowest BCUT2D eigenvalue weighted by Crippen LogP contribution is -2.43. The van der Waals surface area contributed by atoms with E-state index in [0.29, 0.717) is 4.34 Å². The van der Waals surface area contributed by atoms with Gasteiger partial charge in [0, 0.05) is 12.3 Å². The third-order valence-corrected chi connectivity index (χ3v) is 4.57. The Morgan fingerprint density at radius 1 is 1.25 bits per heavy atom. The number of hydrogen-bond donors (Lipinski definition) is 1. The molecule has 1 aliphatic rings. The summed E-state index contributed by atoms with van der Waals surface area (Å²) in [6.45, 7) is 0. The second-order valence-corrected chi connectivity index (χ2v) is 6.31. The maximum Gasteiger partial charge on any atom is 0.234 e. The maximum absolute atomic E-state index is 12.2. The molecule has 1 saturated heterocycles. The van der Waals surface area contributed by atoms with Crippen LogP contribution in [0.3, 0.4) is 0 Å². The van der Waals surface area contributed by atoms with Crippen LogP contribution in [0, 0.1) is 0 Å². The Morgan fingerprint density at radius 2 is 2.00 bits per heavy atom. The van der Waals surface area contributed by atoms with Gasteiger partial charge in [-0.05, 0) is 5.56 Å². The number of imide groups is 1. The molecule has 1 aromatic carbocycles. The Balaban J connectivity index is 2.03. The van der Waals surface area contributed by atoms with Crippen molar-refractivity contribution in [1.29, 1.82) is 0 Å². The molecule has 1 aromatic heterocycles. The molecule has 2 aromatic rings. The summed E-state index contributed by atoms with van der Waals surface area (Å²) in [7, 11) is 0. The number of nitrogens with zero attached hydrogens (tertiary/aromatic N) is 1. The van der Waals surface area contributed by atoms with Crippen LogP contribution in [0.4, 0.5) is 0 Å². The van der Waals surface area contributed by atoms with Gasteiger partial charge in [0.2, 0.25) is 11.8 Å². The van der Waals surface area contributed by atoms with E-state index in [4.69, 9.17) is 11.6 Å². The van der Waals surface area contributed by atoms with Gasteiger partial charge in [-0.2, -0.15) is 0 Å². The SMILES string of the molecule is O=C1CC(c2ncc(Cl)s2)C(c2ccccc2)C(=O)N1. The van der Waals surface area contributed by atoms with Gasteiger partial charge in [-0.3, -0.25) is 14.9 Å². The second-order valence-electron chi connectivity index (χ2n) is 4.61. The molecule has 4 nitrogen and oxygen atoms in total. The van der Waals surface area contributed by atoms with Crippen molar-refractivity contribution in [2.45, 2.75) is 18.3 Å². The average Bonchev–Trinajstić information content (AvgIpc) is 2.85. The highest BCUT2D eigenvalue weighted by molar-refractivity contribution is 7.15. The van der Waals surface area contributed by atoms with Crippen LogP contribution in [-0.2, 0) is 9.59 Å². The van der Waals surface area contributed by atoms with Crippen LogP contribution in [0.2, 0.25) is 4.34 Å². The lowest BCUT2D eigenvalue weighted by Gasteiger charge is -2.28. The summed E-state index contributed by atoms with van der Waals surface area (Å²) in [6.07, 6.45) is 1.80. The van der Waals surface area contributed by atoms with E-state index in [9.17, 15) is 9.59 Å². The number of halogens is 1. The Hall–Kier alpha value is -1.72. The van der Waals surface area contributed by atoms with Crippen LogP contribution in [-0.4, -0.2) is 16.8 Å². The van der Waals surface area contributed by atoms with Crippen molar-refractivity contribution in [2.24, 2.45) is 0 Å². The molecule has 0 bridgehead atoms. The van der Waals surface area contributed by atoms with Crippen LogP contribution < -0.4 is 5.32 Å². The first-order valence-corrected chi connectivity index (χ1v) is 7.34. The summed E-state index contributed by atoms with van der Waals surface area (Å²) in [5.41, 5.74) is 0.883. The molecule has 1 fully saturated rings. The predicted octanol–water partition coefficient (Wildman–Crippen LogP) is 2.71. The highest BCUT2D eigenvalue weighted by atomic mass is 35.5. The van der Waals surface area contributed by atoms with E-state index >= 15 is 0 Å². The molecule has 2 heterocycles. The molecule has 20 heavy (non-hydrogen) atoms. The Morgan fingerprint density at radius 3 is 2.65 bits per heavy atom. The predicted molar refractivity (Wildman–Crippen MR) is 76.8 cm³/mol. The van der Waals surface area contributed by atoms with Crippen LogP contribution in [0.25, 0.3) is 0 Å². The first-order chi connectivity index (χ1) is 9.65. The third-order valence-electron chi connectivity index (χ3n) is 3.32. The van der Waals surface area contributed by atoms with Gasteiger partial charge in [0.05, 0.1) is 17.1 Å². The van der Waals surface area contributed by atoms with Crippen molar-refractivity contribution >= 4 is 34.8 Å². The van der Waals surface area contributed by atoms with Crippen molar-refractivity contribution in [3.05, 3.63) is 51.4 Å². The van der Waals surface area contributed by atoms with Gasteiger partial charge in [0.1, 0.15) is 4.34 Å². The van der Waals surface area contributed by atoms with E-state index < -0.39 is 5.92 Å². The van der Waals surface area contributed by atoms with Crippen LogP contribution >= 0.6 is 22.9 Å². The second kappa shape index (κ2) is 5.34. The minimum Gasteiger partial charge on any atom is -0.296 e. The van der Waals surface area contributed by atoms with Gasteiger partial charge >= 0.3 is 0 Å². The first kappa shape index (κ1) is 13.3. The van der Waals surface area contributed by atoms with E-state index in [1.165, 1.54) is 11.3 Å². The monoisotopic (exact) mass is 306 g/mol. The molecular weight excluding hydrogens is 296 g/mol. The maximum atomic E-state index is 12.2. The molecule has 0 radical (unpaired) electrons. The van der Waals surface area contributed by atoms with E-state index in [1.54, 1.807) is 6.20 Å². The quantitative estimate of drug-likeness (QED) is 0.868. The zero-order chi connectivity index (χ0) is 14.1. The third kappa shape index (κ3) is 2.46. The van der Waals surface area contributed by atoms with Crippen molar-refractivity contribution < 1.29 is 9.59 Å². The minimum absolute atomic E-state index is 0.245. The van der Waals surface area contributed by atoms with Crippen LogP contribution in [0.15, 0.2) is 36.5 Å². The smallest absolute Gasteiger partial charge is 0.234 e. The molecule has 102 valence electrons. The van der Waals surface area contributed by atoms with Gasteiger partial charge < -0.3 is 0 Å². The number of nitrogens with one attached hydrogen (secondary N) is 1. The largest absolute Gasteiger partial charge is 0.296 e. The summed E-state index contributed by atoms with van der Waals surface area (Å²) in [5, 5.41) is 3.13. The highest BCUT2D eigenvalue weighted by Gasteiger charge is 2.39. The number of amides is 2. The zero-order valence-electron chi connectivity index (χ0n) is 10.4. The summed E-state index contributed by atoms with van der Waals surface area (Å²) in [4.78, 5) is 28.1. The first-order valence-electron chi connectivity index (χ1n) is 6.15. The van der Waals surface area contributed by atoms with Gasteiger partial charge in [-0.25, -0.2) is 4.98 Å². The number of benzene rings is 1. The summed E-state index contributed by atoms with van der Waals surface area (Å²) in [5.74, 6) is -1.20. The minimum atomic E-state index is -0.406. The molecule has 1 aliphatic heterocycles. The van der Waals surface area contributed by atoms with E-state index in [1.807, 2.05) is 30.3 Å². The molecule has 0 aliphatic carbocycles. The Bertz CT molecular complexity index is 656. The van der Waals surface area contributed by atoms with E-state index in [-0.39, 0.29) is 24.2 Å². The molecule has 2 unspecified atom stereocenters. The summed E-state index contributed by atoms with van der Waals surface area (Å²) in [6, 6.07) is 9.44. The van der Waals surface area contributed by atoms with Crippen molar-refractivity contribution in [1.82, 2.24) is 10.3 Å². The lowest BCUT2D eigenvalue weighted by atomic mass is 9.81. The number of rotatable bonds is 2. The number of aromatic nitrogens is 1. The van der Waals surface area contributed by atoms with E-state index in [2.05, 4.69) is 10.3 Å². The van der Waals surface area contributed by atoms with Crippen molar-refractivity contribution in [3.8, 4) is 0 Å². The zero-order valence-corrected chi connectivity index (χ0v) is 11.9. The van der Waals surface area contributed by atoms with Gasteiger partial charge in [0.25, 0.3) is 0 Å². The standard InChI is InChI=1S/C14H11ClN2O2S/c15-10-7-16-14(20-10)9-6-11(18)17-13(19)12(9)8-4-2-1-3-5-8/h1-5,7,9,12H,6H2,(H,17,18,19). The molecule has 3 rings (SSSR count). The fourth-order valence-corrected chi connectivity index (χ4v) is 3.55. The Labute approximate surface area is 124 Å². The van der Waals surface area contributed by atoms with Gasteiger partial charge in [0.15, 0.2) is 0 Å². The Kier molecular flexibility index (Phi) is 3.54. The number of hydrogen-bond acceptors (Lipinski definition) is 4. The van der Waals surface area contributed by atoms with Crippen molar-refractivity contribution in [3.63, 3.8) is 0 Å². The number of carbonyl (C=O) groups is 2. The molecule has 1 N–H and O–H groups in total. The topological polar surface area (TPSA) is 59.1 Å². The normalized spacial score (nSPS) is 22.6. The van der Waals surface area contributed by atoms with Crippen LogP contribution in [0.1, 0.15) is 28.8 Å². The van der Waals surface area contributed by atoms with Gasteiger partial charge in [-0.15, -0.1) is 11.3 Å². The highest BCUT2D eigenvalue weighted by Crippen LogP contribution is 2.40. The number of carbonyl (C=O) groups excluding carboxylic acids is 2. The molecule has 2 atom stereocenters. The lowest BCUT2D eigenvalue weighted by molar-refractivity contribution is -0.135. The van der Waals surface area contributed by atoms with Crippen molar-refractivity contribution in [2.75, 3.05) is 0 Å². The molecular formula is C14H11ClN2O2S. The summed E-state index contributed by atoms with van der Waals surface area (Å²) < 4.78 is 0.560.